The number of halogens is 1. The van der Waals surface area contributed by atoms with Gasteiger partial charge in [-0.25, -0.2) is 14.4 Å². The Morgan fingerprint density at radius 1 is 1.09 bits per heavy atom. The molecular formula is C16H15FN4O2. The molecule has 0 aliphatic carbocycles. The van der Waals surface area contributed by atoms with Crippen molar-refractivity contribution in [2.45, 2.75) is 0 Å². The molecule has 1 N–H and O–H groups in total. The second-order valence-corrected chi connectivity index (χ2v) is 4.71. The van der Waals surface area contributed by atoms with Crippen molar-refractivity contribution in [2.24, 2.45) is 0 Å². The van der Waals surface area contributed by atoms with Crippen LogP contribution < -0.4 is 10.1 Å². The van der Waals surface area contributed by atoms with E-state index in [0.717, 1.165) is 0 Å². The molecule has 0 saturated carbocycles. The molecule has 3 aromatic rings. The fourth-order valence-electron chi connectivity index (χ4n) is 2.00. The van der Waals surface area contributed by atoms with Crippen LogP contribution in [0.25, 0.3) is 11.2 Å². The normalized spacial score (nSPS) is 10.7. The molecular weight excluding hydrogens is 299 g/mol. The molecule has 23 heavy (non-hydrogen) atoms. The minimum absolute atomic E-state index is 0.185. The van der Waals surface area contributed by atoms with Crippen LogP contribution in [0.3, 0.4) is 0 Å². The largest absolute Gasteiger partial charge is 0.488 e. The van der Waals surface area contributed by atoms with Crippen LogP contribution in [0.1, 0.15) is 0 Å². The van der Waals surface area contributed by atoms with Crippen molar-refractivity contribution in [2.75, 3.05) is 25.6 Å². The average molecular weight is 314 g/mol. The molecule has 6 nitrogen and oxygen atoms in total. The Bertz CT molecular complexity index is 813. The Morgan fingerprint density at radius 3 is 2.78 bits per heavy atom. The van der Waals surface area contributed by atoms with Gasteiger partial charge in [0.2, 0.25) is 0 Å². The topological polar surface area (TPSA) is 69.2 Å². The van der Waals surface area contributed by atoms with Crippen molar-refractivity contribution in [3.05, 3.63) is 48.5 Å². The Kier molecular flexibility index (Phi) is 4.58. The molecule has 0 aliphatic rings. The van der Waals surface area contributed by atoms with Crippen molar-refractivity contribution >= 4 is 22.7 Å². The van der Waals surface area contributed by atoms with Gasteiger partial charge >= 0.3 is 0 Å². The monoisotopic (exact) mass is 314 g/mol. The van der Waals surface area contributed by atoms with Gasteiger partial charge in [-0.1, -0.05) is 0 Å². The van der Waals surface area contributed by atoms with E-state index in [0.29, 0.717) is 35.9 Å². The quantitative estimate of drug-likeness (QED) is 0.706. The fraction of sp³-hybridized carbons (Fsp3) is 0.188. The molecule has 0 radical (unpaired) electrons. The Labute approximate surface area is 132 Å². The van der Waals surface area contributed by atoms with E-state index in [4.69, 9.17) is 9.47 Å². The van der Waals surface area contributed by atoms with E-state index in [9.17, 15) is 4.39 Å². The zero-order valence-corrected chi connectivity index (χ0v) is 12.5. The number of nitrogens with zero attached hydrogens (tertiary/aromatic N) is 3. The van der Waals surface area contributed by atoms with Crippen molar-refractivity contribution in [3.63, 3.8) is 0 Å². The maximum atomic E-state index is 14.0. The first-order valence-corrected chi connectivity index (χ1v) is 7.02. The smallest absolute Gasteiger partial charge is 0.180 e. The van der Waals surface area contributed by atoms with Gasteiger partial charge in [-0.15, -0.1) is 0 Å². The van der Waals surface area contributed by atoms with E-state index < -0.39 is 5.82 Å². The fourth-order valence-corrected chi connectivity index (χ4v) is 2.00. The third kappa shape index (κ3) is 3.70. The Hall–Kier alpha value is -2.80. The highest BCUT2D eigenvalue weighted by molar-refractivity contribution is 5.72. The van der Waals surface area contributed by atoms with E-state index in [-0.39, 0.29) is 5.75 Å². The van der Waals surface area contributed by atoms with Crippen molar-refractivity contribution in [1.82, 2.24) is 15.0 Å². The summed E-state index contributed by atoms with van der Waals surface area (Å²) in [5.41, 5.74) is 1.79. The molecule has 7 heteroatoms. The zero-order chi connectivity index (χ0) is 16.1. The average Bonchev–Trinajstić information content (AvgIpc) is 2.57. The second-order valence-electron chi connectivity index (χ2n) is 4.71. The van der Waals surface area contributed by atoms with Gasteiger partial charge < -0.3 is 14.8 Å². The van der Waals surface area contributed by atoms with E-state index in [1.165, 1.54) is 6.07 Å². The molecule has 0 bridgehead atoms. The number of rotatable bonds is 6. The first kappa shape index (κ1) is 15.1. The SMILES string of the molecule is COCCOc1ccc(Nc2ccc3nccnc3n2)cc1F. The summed E-state index contributed by atoms with van der Waals surface area (Å²) in [6.07, 6.45) is 3.18. The number of methoxy groups -OCH3 is 1. The summed E-state index contributed by atoms with van der Waals surface area (Å²) in [5, 5.41) is 3.03. The number of hydrogen-bond donors (Lipinski definition) is 1. The number of anilines is 2. The summed E-state index contributed by atoms with van der Waals surface area (Å²) < 4.78 is 24.1. The summed E-state index contributed by atoms with van der Waals surface area (Å²) in [4.78, 5) is 12.6. The molecule has 0 fully saturated rings. The molecule has 2 aromatic heterocycles. The van der Waals surface area contributed by atoms with E-state index >= 15 is 0 Å². The van der Waals surface area contributed by atoms with Crippen LogP contribution in [0.4, 0.5) is 15.9 Å². The van der Waals surface area contributed by atoms with Crippen LogP contribution in [-0.2, 0) is 4.74 Å². The van der Waals surface area contributed by atoms with E-state index in [1.54, 1.807) is 43.8 Å². The molecule has 0 atom stereocenters. The number of benzene rings is 1. The number of nitrogens with one attached hydrogen (secondary N) is 1. The number of pyridine rings is 1. The standard InChI is InChI=1S/C16H15FN4O2/c1-22-8-9-23-14-4-2-11(10-12(14)17)20-15-5-3-13-16(21-15)19-7-6-18-13/h2-7,10H,8-9H2,1H3,(H,19,20,21). The maximum Gasteiger partial charge on any atom is 0.180 e. The first-order chi connectivity index (χ1) is 11.3. The van der Waals surface area contributed by atoms with Crippen LogP contribution in [0.15, 0.2) is 42.7 Å². The minimum Gasteiger partial charge on any atom is -0.488 e. The van der Waals surface area contributed by atoms with Crippen molar-refractivity contribution < 1.29 is 13.9 Å². The third-order valence-electron chi connectivity index (χ3n) is 3.08. The van der Waals surface area contributed by atoms with E-state index in [1.807, 2.05) is 0 Å². The first-order valence-electron chi connectivity index (χ1n) is 7.02. The van der Waals surface area contributed by atoms with Gasteiger partial charge in [-0.2, -0.15) is 0 Å². The highest BCUT2D eigenvalue weighted by atomic mass is 19.1. The lowest BCUT2D eigenvalue weighted by atomic mass is 10.3. The van der Waals surface area contributed by atoms with Gasteiger partial charge in [-0.05, 0) is 24.3 Å². The van der Waals surface area contributed by atoms with Crippen LogP contribution in [0.2, 0.25) is 0 Å². The lowest BCUT2D eigenvalue weighted by molar-refractivity contribution is 0.144. The number of ether oxygens (including phenoxy) is 2. The minimum atomic E-state index is -0.452. The molecule has 1 aromatic carbocycles. The highest BCUT2D eigenvalue weighted by Crippen LogP contribution is 2.23. The molecule has 3 rings (SSSR count). The molecule has 0 unspecified atom stereocenters. The number of hydrogen-bond acceptors (Lipinski definition) is 6. The van der Waals surface area contributed by atoms with Crippen molar-refractivity contribution in [3.8, 4) is 5.75 Å². The molecule has 0 aliphatic heterocycles. The lowest BCUT2D eigenvalue weighted by Gasteiger charge is -2.10. The maximum absolute atomic E-state index is 14.0. The Morgan fingerprint density at radius 2 is 1.96 bits per heavy atom. The Balaban J connectivity index is 1.75. The summed E-state index contributed by atoms with van der Waals surface area (Å²) >= 11 is 0. The molecule has 2 heterocycles. The number of aromatic nitrogens is 3. The summed E-state index contributed by atoms with van der Waals surface area (Å²) in [6, 6.07) is 8.20. The van der Waals surface area contributed by atoms with Gasteiger partial charge in [0.25, 0.3) is 0 Å². The van der Waals surface area contributed by atoms with Gasteiger partial charge in [0.05, 0.1) is 6.61 Å². The zero-order valence-electron chi connectivity index (χ0n) is 12.5. The molecule has 0 spiro atoms. The number of fused-ring (bicyclic) bond motifs is 1. The third-order valence-corrected chi connectivity index (χ3v) is 3.08. The van der Waals surface area contributed by atoms with Crippen LogP contribution >= 0.6 is 0 Å². The van der Waals surface area contributed by atoms with Gasteiger partial charge in [0.1, 0.15) is 17.9 Å². The van der Waals surface area contributed by atoms with Crippen molar-refractivity contribution in [1.29, 1.82) is 0 Å². The van der Waals surface area contributed by atoms with Gasteiger partial charge in [0, 0.05) is 31.3 Å². The van der Waals surface area contributed by atoms with Gasteiger partial charge in [0.15, 0.2) is 17.2 Å². The van der Waals surface area contributed by atoms with E-state index in [2.05, 4.69) is 20.3 Å². The predicted molar refractivity (Wildman–Crippen MR) is 84.4 cm³/mol. The molecule has 0 amide bonds. The predicted octanol–water partition coefficient (Wildman–Crippen LogP) is 2.93. The highest BCUT2D eigenvalue weighted by Gasteiger charge is 2.06. The summed E-state index contributed by atoms with van der Waals surface area (Å²) in [7, 11) is 1.56. The molecule has 0 saturated heterocycles. The van der Waals surface area contributed by atoms with Crippen LogP contribution in [0, 0.1) is 5.82 Å². The van der Waals surface area contributed by atoms with Gasteiger partial charge in [-0.3, -0.25) is 4.98 Å². The summed E-state index contributed by atoms with van der Waals surface area (Å²) in [6.45, 7) is 0.701. The van der Waals surface area contributed by atoms with Crippen LogP contribution in [0.5, 0.6) is 5.75 Å². The summed E-state index contributed by atoms with van der Waals surface area (Å²) in [5.74, 6) is 0.294. The lowest BCUT2D eigenvalue weighted by Crippen LogP contribution is -2.05. The molecule has 118 valence electrons. The second kappa shape index (κ2) is 6.97. The van der Waals surface area contributed by atoms with Crippen LogP contribution in [-0.4, -0.2) is 35.3 Å².